The summed E-state index contributed by atoms with van der Waals surface area (Å²) in [4.78, 5) is 27.3. The Morgan fingerprint density at radius 1 is 1.18 bits per heavy atom. The van der Waals surface area contributed by atoms with Gasteiger partial charge < -0.3 is 4.98 Å². The van der Waals surface area contributed by atoms with Gasteiger partial charge in [-0.2, -0.15) is 5.21 Å². The molecule has 0 spiro atoms. The summed E-state index contributed by atoms with van der Waals surface area (Å²) in [5.41, 5.74) is 1.43. The van der Waals surface area contributed by atoms with Crippen LogP contribution in [0.1, 0.15) is 29.0 Å². The van der Waals surface area contributed by atoms with Crippen LogP contribution in [0.25, 0.3) is 10.3 Å². The number of hydrogen-bond donors (Lipinski definition) is 2. The molecule has 142 valence electrons. The smallest absolute Gasteiger partial charge is 0.259 e. The van der Waals surface area contributed by atoms with Gasteiger partial charge in [-0.3, -0.25) is 14.7 Å². The van der Waals surface area contributed by atoms with E-state index in [0.29, 0.717) is 34.1 Å². The molecule has 0 aliphatic carbocycles. The van der Waals surface area contributed by atoms with Crippen molar-refractivity contribution in [2.24, 2.45) is 0 Å². The molecule has 2 N–H and O–H groups in total. The molecule has 4 aromatic rings. The lowest BCUT2D eigenvalue weighted by atomic mass is 10.2. The van der Waals surface area contributed by atoms with Crippen LogP contribution in [0.5, 0.6) is 0 Å². The summed E-state index contributed by atoms with van der Waals surface area (Å²) in [6.45, 7) is 0.521. The molecule has 0 fully saturated rings. The van der Waals surface area contributed by atoms with Crippen LogP contribution in [0.4, 0.5) is 5.82 Å². The molecule has 0 unspecified atom stereocenters. The molecule has 11 heteroatoms. The summed E-state index contributed by atoms with van der Waals surface area (Å²) < 4.78 is 0.659. The van der Waals surface area contributed by atoms with Crippen LogP contribution in [0.2, 0.25) is 0 Å². The molecule has 9 nitrogen and oxygen atoms in total. The number of amides is 1. The molecule has 0 bridgehead atoms. The number of H-pyrrole nitrogens is 2. The highest BCUT2D eigenvalue weighted by Crippen LogP contribution is 2.23. The van der Waals surface area contributed by atoms with Crippen LogP contribution in [0, 0.1) is 3.95 Å². The number of carbonyl (C=O) groups excluding carboxylic acids is 1. The molecular formula is C17H16N8OS2. The molecule has 0 radical (unpaired) electrons. The van der Waals surface area contributed by atoms with E-state index in [-0.39, 0.29) is 5.91 Å². The highest BCUT2D eigenvalue weighted by atomic mass is 32.1. The Morgan fingerprint density at radius 3 is 2.82 bits per heavy atom. The molecule has 4 heterocycles. The fraction of sp³-hybridized carbons (Fsp3) is 0.235. The molecule has 0 saturated carbocycles. The van der Waals surface area contributed by atoms with Crippen molar-refractivity contribution >= 4 is 45.6 Å². The van der Waals surface area contributed by atoms with Gasteiger partial charge in [-0.25, -0.2) is 4.98 Å². The number of aromatic amines is 2. The van der Waals surface area contributed by atoms with E-state index in [0.717, 1.165) is 23.2 Å². The molecule has 4 rings (SSSR count). The summed E-state index contributed by atoms with van der Waals surface area (Å²) in [6, 6.07) is 7.13. The van der Waals surface area contributed by atoms with E-state index >= 15 is 0 Å². The SMILES string of the molecule is O=C(c1ccncc1)N(CCCCc1nn[nH]n1)c1ccc2[nH]c(=S)sc2n1. The maximum atomic E-state index is 13.1. The number of pyridine rings is 2. The molecule has 28 heavy (non-hydrogen) atoms. The van der Waals surface area contributed by atoms with Crippen molar-refractivity contribution in [3.63, 3.8) is 0 Å². The number of hydrogen-bond acceptors (Lipinski definition) is 8. The first-order chi connectivity index (χ1) is 13.7. The quantitative estimate of drug-likeness (QED) is 0.354. The van der Waals surface area contributed by atoms with Gasteiger partial charge in [-0.1, -0.05) is 16.6 Å². The first-order valence-corrected chi connectivity index (χ1v) is 9.87. The number of carbonyl (C=O) groups is 1. The summed E-state index contributed by atoms with van der Waals surface area (Å²) in [6.07, 6.45) is 5.50. The largest absolute Gasteiger partial charge is 0.336 e. The van der Waals surface area contributed by atoms with Crippen molar-refractivity contribution < 1.29 is 4.79 Å². The Labute approximate surface area is 168 Å². The molecule has 0 aliphatic heterocycles. The average Bonchev–Trinajstić information content (AvgIpc) is 3.36. The summed E-state index contributed by atoms with van der Waals surface area (Å²) in [7, 11) is 0. The first kappa shape index (κ1) is 18.3. The van der Waals surface area contributed by atoms with Crippen molar-refractivity contribution in [2.75, 3.05) is 11.4 Å². The highest BCUT2D eigenvalue weighted by Gasteiger charge is 2.19. The third-order valence-electron chi connectivity index (χ3n) is 4.14. The van der Waals surface area contributed by atoms with Gasteiger partial charge in [0.05, 0.1) is 5.52 Å². The third-order valence-corrected chi connectivity index (χ3v) is 5.29. The van der Waals surface area contributed by atoms with Gasteiger partial charge in [-0.05, 0) is 49.3 Å². The topological polar surface area (TPSA) is 116 Å². The van der Waals surface area contributed by atoms with Crippen molar-refractivity contribution in [1.29, 1.82) is 0 Å². The van der Waals surface area contributed by atoms with Crippen molar-refractivity contribution in [3.8, 4) is 0 Å². The Kier molecular flexibility index (Phi) is 5.44. The number of anilines is 1. The fourth-order valence-electron chi connectivity index (χ4n) is 2.79. The van der Waals surface area contributed by atoms with E-state index in [1.807, 2.05) is 12.1 Å². The summed E-state index contributed by atoms with van der Waals surface area (Å²) in [5.74, 6) is 1.14. The summed E-state index contributed by atoms with van der Waals surface area (Å²) >= 11 is 6.58. The van der Waals surface area contributed by atoms with Crippen LogP contribution in [-0.2, 0) is 6.42 Å². The normalized spacial score (nSPS) is 11.0. The average molecular weight is 413 g/mol. The van der Waals surface area contributed by atoms with Gasteiger partial charge in [0.1, 0.15) is 10.6 Å². The predicted molar refractivity (Wildman–Crippen MR) is 108 cm³/mol. The lowest BCUT2D eigenvalue weighted by Crippen LogP contribution is -2.32. The molecule has 0 aromatic carbocycles. The number of nitrogens with one attached hydrogen (secondary N) is 2. The maximum Gasteiger partial charge on any atom is 0.259 e. The van der Waals surface area contributed by atoms with Gasteiger partial charge >= 0.3 is 0 Å². The van der Waals surface area contributed by atoms with E-state index < -0.39 is 0 Å². The van der Waals surface area contributed by atoms with Gasteiger partial charge in [-0.15, -0.1) is 10.2 Å². The first-order valence-electron chi connectivity index (χ1n) is 8.65. The van der Waals surface area contributed by atoms with Gasteiger partial charge in [0.15, 0.2) is 9.78 Å². The fourth-order valence-corrected chi connectivity index (χ4v) is 3.84. The van der Waals surface area contributed by atoms with E-state index in [4.69, 9.17) is 12.2 Å². The van der Waals surface area contributed by atoms with Gasteiger partial charge in [0.25, 0.3) is 5.91 Å². The number of thiazole rings is 1. The third kappa shape index (κ3) is 4.10. The van der Waals surface area contributed by atoms with Crippen LogP contribution >= 0.6 is 23.6 Å². The van der Waals surface area contributed by atoms with Crippen LogP contribution in [-0.4, -0.2) is 48.0 Å². The van der Waals surface area contributed by atoms with E-state index in [9.17, 15) is 4.79 Å². The van der Waals surface area contributed by atoms with E-state index in [1.54, 1.807) is 29.4 Å². The van der Waals surface area contributed by atoms with Crippen molar-refractivity contribution in [2.45, 2.75) is 19.3 Å². The molecule has 0 atom stereocenters. The van der Waals surface area contributed by atoms with Gasteiger partial charge in [0, 0.05) is 30.9 Å². The zero-order chi connectivity index (χ0) is 19.3. The second-order valence-electron chi connectivity index (χ2n) is 6.01. The van der Waals surface area contributed by atoms with E-state index in [2.05, 4.69) is 35.6 Å². The van der Waals surface area contributed by atoms with Crippen LogP contribution in [0.3, 0.4) is 0 Å². The van der Waals surface area contributed by atoms with Crippen molar-refractivity contribution in [1.82, 2.24) is 35.6 Å². The molecule has 0 saturated heterocycles. The number of tetrazole rings is 1. The Bertz CT molecular complexity index is 1120. The molecule has 1 amide bonds. The standard InChI is InChI=1S/C17H16N8OS2/c26-16(11-6-8-18-9-7-11)25(10-2-1-3-13-21-23-24-22-13)14-5-4-12-15(20-14)28-17(27)19-12/h4-9H,1-3,10H2,(H,19,27)(H,21,22,23,24). The summed E-state index contributed by atoms with van der Waals surface area (Å²) in [5, 5.41) is 13.9. The Hall–Kier alpha value is -3.05. The van der Waals surface area contributed by atoms with E-state index in [1.165, 1.54) is 11.3 Å². The molecular weight excluding hydrogens is 396 g/mol. The molecule has 4 aromatic heterocycles. The van der Waals surface area contributed by atoms with Gasteiger partial charge in [0.2, 0.25) is 0 Å². The lowest BCUT2D eigenvalue weighted by Gasteiger charge is -2.22. The Morgan fingerprint density at radius 2 is 2.04 bits per heavy atom. The number of aryl methyl sites for hydroxylation is 1. The number of nitrogens with zero attached hydrogens (tertiary/aromatic N) is 6. The number of fused-ring (bicyclic) bond motifs is 1. The monoisotopic (exact) mass is 412 g/mol. The van der Waals surface area contributed by atoms with Crippen LogP contribution < -0.4 is 4.90 Å². The molecule has 0 aliphatic rings. The number of rotatable bonds is 7. The Balaban J connectivity index is 1.56. The number of unbranched alkanes of at least 4 members (excludes halogenated alkanes) is 1. The second-order valence-corrected chi connectivity index (χ2v) is 7.68. The zero-order valence-corrected chi connectivity index (χ0v) is 16.3. The van der Waals surface area contributed by atoms with Crippen LogP contribution in [0.15, 0.2) is 36.7 Å². The predicted octanol–water partition coefficient (Wildman–Crippen LogP) is 2.93. The minimum Gasteiger partial charge on any atom is -0.336 e. The number of aromatic nitrogens is 7. The highest BCUT2D eigenvalue weighted by molar-refractivity contribution is 7.73. The minimum absolute atomic E-state index is 0.118. The second kappa shape index (κ2) is 8.31. The lowest BCUT2D eigenvalue weighted by molar-refractivity contribution is 0.0985. The minimum atomic E-state index is -0.118. The zero-order valence-electron chi connectivity index (χ0n) is 14.7. The van der Waals surface area contributed by atoms with Crippen molar-refractivity contribution in [3.05, 3.63) is 52.0 Å². The maximum absolute atomic E-state index is 13.1.